The number of nitro benzene ring substituents is 1. The molecule has 0 fully saturated rings. The zero-order valence-electron chi connectivity index (χ0n) is 17.0. The molecule has 2 rings (SSSR count). The van der Waals surface area contributed by atoms with Gasteiger partial charge in [0.05, 0.1) is 23.2 Å². The summed E-state index contributed by atoms with van der Waals surface area (Å²) in [6.45, 7) is 7.64. The summed E-state index contributed by atoms with van der Waals surface area (Å²) in [6.07, 6.45) is 2.88. The van der Waals surface area contributed by atoms with E-state index in [-0.39, 0.29) is 28.8 Å². The normalized spacial score (nSPS) is 11.3. The number of pyridine rings is 1. The minimum absolute atomic E-state index is 0.0510. The van der Waals surface area contributed by atoms with Crippen molar-refractivity contribution in [3.05, 3.63) is 92.9 Å². The zero-order chi connectivity index (χ0) is 23.0. The number of aromatic nitrogens is 1. The van der Waals surface area contributed by atoms with E-state index in [0.717, 1.165) is 5.56 Å². The van der Waals surface area contributed by atoms with Gasteiger partial charge in [0.15, 0.2) is 0 Å². The average molecular weight is 426 g/mol. The van der Waals surface area contributed by atoms with Crippen molar-refractivity contribution in [3.63, 3.8) is 0 Å². The highest BCUT2D eigenvalue weighted by Crippen LogP contribution is 2.18. The summed E-state index contributed by atoms with van der Waals surface area (Å²) in [5.74, 6) is -1.50. The van der Waals surface area contributed by atoms with Gasteiger partial charge < -0.3 is 14.0 Å². The highest BCUT2D eigenvalue weighted by Gasteiger charge is 2.24. The van der Waals surface area contributed by atoms with E-state index >= 15 is 0 Å². The SMILES string of the molecule is C=Cc1ccc(=O)n(CCC[C@@H](OC(=O)c2ccc([N+](=O)[O-])cc2)C(=C)C(=O)OC)c1. The van der Waals surface area contributed by atoms with Crippen LogP contribution >= 0.6 is 0 Å². The summed E-state index contributed by atoms with van der Waals surface area (Å²) < 4.78 is 11.6. The van der Waals surface area contributed by atoms with Crippen molar-refractivity contribution in [1.29, 1.82) is 0 Å². The Hall–Kier alpha value is -4.01. The van der Waals surface area contributed by atoms with Gasteiger partial charge in [-0.25, -0.2) is 9.59 Å². The van der Waals surface area contributed by atoms with E-state index < -0.39 is 23.0 Å². The van der Waals surface area contributed by atoms with Crippen LogP contribution < -0.4 is 5.56 Å². The number of non-ortho nitro benzene ring substituents is 1. The molecule has 0 aliphatic heterocycles. The molecule has 0 aliphatic carbocycles. The Kier molecular flexibility index (Phi) is 8.01. The van der Waals surface area contributed by atoms with Crippen molar-refractivity contribution < 1.29 is 24.0 Å². The van der Waals surface area contributed by atoms with Gasteiger partial charge in [0.1, 0.15) is 6.10 Å². The van der Waals surface area contributed by atoms with Crippen LogP contribution in [0.3, 0.4) is 0 Å². The molecule has 0 saturated carbocycles. The fourth-order valence-electron chi connectivity index (χ4n) is 2.78. The lowest BCUT2D eigenvalue weighted by molar-refractivity contribution is -0.384. The largest absolute Gasteiger partial charge is 0.466 e. The number of hydrogen-bond donors (Lipinski definition) is 0. The summed E-state index contributed by atoms with van der Waals surface area (Å²) in [5.41, 5.74) is 0.448. The van der Waals surface area contributed by atoms with Gasteiger partial charge >= 0.3 is 11.9 Å². The van der Waals surface area contributed by atoms with Gasteiger partial charge in [-0.3, -0.25) is 14.9 Å². The predicted molar refractivity (Wildman–Crippen MR) is 113 cm³/mol. The molecule has 0 radical (unpaired) electrons. The molecule has 162 valence electrons. The number of nitrogens with zero attached hydrogens (tertiary/aromatic N) is 2. The molecule has 31 heavy (non-hydrogen) atoms. The lowest BCUT2D eigenvalue weighted by atomic mass is 10.1. The van der Waals surface area contributed by atoms with Crippen LogP contribution in [0, 0.1) is 10.1 Å². The molecule has 1 heterocycles. The van der Waals surface area contributed by atoms with Crippen LogP contribution in [0.25, 0.3) is 6.08 Å². The van der Waals surface area contributed by atoms with Gasteiger partial charge in [0, 0.05) is 30.9 Å². The molecular formula is C22H22N2O7. The van der Waals surface area contributed by atoms with Crippen LogP contribution in [0.1, 0.15) is 28.8 Å². The topological polar surface area (TPSA) is 118 Å². The van der Waals surface area contributed by atoms with E-state index in [1.807, 2.05) is 0 Å². The van der Waals surface area contributed by atoms with Crippen LogP contribution in [-0.2, 0) is 20.8 Å². The monoisotopic (exact) mass is 426 g/mol. The quantitative estimate of drug-likeness (QED) is 0.248. The number of rotatable bonds is 10. The fraction of sp³-hybridized carbons (Fsp3) is 0.227. The van der Waals surface area contributed by atoms with Crippen molar-refractivity contribution >= 4 is 23.7 Å². The van der Waals surface area contributed by atoms with E-state index in [1.54, 1.807) is 18.3 Å². The van der Waals surface area contributed by atoms with Crippen LogP contribution in [-0.4, -0.2) is 34.6 Å². The molecule has 0 N–H and O–H groups in total. The summed E-state index contributed by atoms with van der Waals surface area (Å²) >= 11 is 0. The molecule has 9 nitrogen and oxygen atoms in total. The number of benzene rings is 1. The molecule has 2 aromatic rings. The lowest BCUT2D eigenvalue weighted by Gasteiger charge is -2.19. The van der Waals surface area contributed by atoms with Crippen molar-refractivity contribution in [3.8, 4) is 0 Å². The van der Waals surface area contributed by atoms with Gasteiger partial charge in [0.25, 0.3) is 11.2 Å². The van der Waals surface area contributed by atoms with Gasteiger partial charge in [0.2, 0.25) is 0 Å². The smallest absolute Gasteiger partial charge is 0.338 e. The van der Waals surface area contributed by atoms with Gasteiger partial charge in [-0.1, -0.05) is 19.2 Å². The Balaban J connectivity index is 2.11. The maximum Gasteiger partial charge on any atom is 0.338 e. The Morgan fingerprint density at radius 1 is 1.23 bits per heavy atom. The lowest BCUT2D eigenvalue weighted by Crippen LogP contribution is -2.26. The third-order valence-corrected chi connectivity index (χ3v) is 4.51. The summed E-state index contributed by atoms with van der Waals surface area (Å²) in [6, 6.07) is 7.97. The molecule has 0 aliphatic rings. The average Bonchev–Trinajstić information content (AvgIpc) is 2.78. The first-order valence-corrected chi connectivity index (χ1v) is 9.32. The third-order valence-electron chi connectivity index (χ3n) is 4.51. The first-order valence-electron chi connectivity index (χ1n) is 9.32. The Labute approximate surface area is 178 Å². The molecule has 0 bridgehead atoms. The molecule has 9 heteroatoms. The van der Waals surface area contributed by atoms with Crippen molar-refractivity contribution in [2.45, 2.75) is 25.5 Å². The molecular weight excluding hydrogens is 404 g/mol. The van der Waals surface area contributed by atoms with E-state index in [4.69, 9.17) is 4.74 Å². The summed E-state index contributed by atoms with van der Waals surface area (Å²) in [4.78, 5) is 46.5. The number of hydrogen-bond acceptors (Lipinski definition) is 7. The molecule has 0 amide bonds. The van der Waals surface area contributed by atoms with E-state index in [2.05, 4.69) is 17.9 Å². The predicted octanol–water partition coefficient (Wildman–Crippen LogP) is 3.13. The zero-order valence-corrected chi connectivity index (χ0v) is 17.0. The number of esters is 2. The second kappa shape index (κ2) is 10.7. The number of carbonyl (C=O) groups is 2. The Morgan fingerprint density at radius 3 is 2.48 bits per heavy atom. The number of ether oxygens (including phenoxy) is 2. The second-order valence-corrected chi connectivity index (χ2v) is 6.56. The van der Waals surface area contributed by atoms with Crippen molar-refractivity contribution in [2.75, 3.05) is 7.11 Å². The maximum absolute atomic E-state index is 12.5. The second-order valence-electron chi connectivity index (χ2n) is 6.56. The van der Waals surface area contributed by atoms with Crippen molar-refractivity contribution in [2.24, 2.45) is 0 Å². The minimum Gasteiger partial charge on any atom is -0.466 e. The number of aryl methyl sites for hydroxylation is 1. The van der Waals surface area contributed by atoms with Gasteiger partial charge in [-0.2, -0.15) is 0 Å². The van der Waals surface area contributed by atoms with Gasteiger partial charge in [-0.05, 0) is 36.6 Å². The van der Waals surface area contributed by atoms with E-state index in [9.17, 15) is 24.5 Å². The Morgan fingerprint density at radius 2 is 1.90 bits per heavy atom. The van der Waals surface area contributed by atoms with Crippen LogP contribution in [0.15, 0.2) is 66.1 Å². The van der Waals surface area contributed by atoms with Crippen molar-refractivity contribution in [1.82, 2.24) is 4.57 Å². The maximum atomic E-state index is 12.5. The number of methoxy groups -OCH3 is 1. The van der Waals surface area contributed by atoms with E-state index in [0.29, 0.717) is 13.0 Å². The number of carbonyl (C=O) groups excluding carboxylic acids is 2. The molecule has 1 aromatic carbocycles. The number of nitro groups is 1. The Bertz CT molecular complexity index is 1050. The fourth-order valence-corrected chi connectivity index (χ4v) is 2.78. The minimum atomic E-state index is -0.992. The third kappa shape index (κ3) is 6.23. The van der Waals surface area contributed by atoms with Crippen LogP contribution in [0.2, 0.25) is 0 Å². The highest BCUT2D eigenvalue weighted by molar-refractivity contribution is 5.92. The van der Waals surface area contributed by atoms with Gasteiger partial charge in [-0.15, -0.1) is 0 Å². The molecule has 0 unspecified atom stereocenters. The first-order chi connectivity index (χ1) is 14.8. The highest BCUT2D eigenvalue weighted by atomic mass is 16.6. The van der Waals surface area contributed by atoms with Crippen LogP contribution in [0.4, 0.5) is 5.69 Å². The summed E-state index contributed by atoms with van der Waals surface area (Å²) in [5, 5.41) is 10.8. The molecule has 0 spiro atoms. The van der Waals surface area contributed by atoms with E-state index in [1.165, 1.54) is 42.0 Å². The first kappa shape index (κ1) is 23.3. The summed E-state index contributed by atoms with van der Waals surface area (Å²) in [7, 11) is 1.18. The standard InChI is InChI=1S/C22H22N2O7/c1-4-16-7-12-20(25)23(14-16)13-5-6-19(15(2)21(26)30-3)31-22(27)17-8-10-18(11-9-17)24(28)29/h4,7-12,14,19H,1-2,5-6,13H2,3H3/t19-/m1/s1. The van der Waals surface area contributed by atoms with Crippen LogP contribution in [0.5, 0.6) is 0 Å². The molecule has 1 atom stereocenters. The molecule has 0 saturated heterocycles. The molecule has 1 aromatic heterocycles.